The van der Waals surface area contributed by atoms with E-state index in [1.165, 1.54) is 24.3 Å². The van der Waals surface area contributed by atoms with Gasteiger partial charge in [0.25, 0.3) is 5.56 Å². The van der Waals surface area contributed by atoms with Gasteiger partial charge in [0.15, 0.2) is 0 Å². The lowest BCUT2D eigenvalue weighted by molar-refractivity contribution is 0.554. The summed E-state index contributed by atoms with van der Waals surface area (Å²) in [6.07, 6.45) is 2.36. The molecule has 4 heterocycles. The normalized spacial score (nSPS) is 12.8. The van der Waals surface area contributed by atoms with Crippen LogP contribution in [-0.4, -0.2) is 24.8 Å². The second-order valence-electron chi connectivity index (χ2n) is 9.52. The molecule has 7 rings (SSSR count). The number of aromatic amines is 1. The molecule has 0 spiro atoms. The molecule has 0 fully saturated rings. The third-order valence-electron chi connectivity index (χ3n) is 6.86. The lowest BCUT2D eigenvalue weighted by Gasteiger charge is -2.21. The van der Waals surface area contributed by atoms with Crippen LogP contribution in [0.3, 0.4) is 0 Å². The van der Waals surface area contributed by atoms with Crippen LogP contribution in [0.15, 0.2) is 76.3 Å². The molecule has 42 heavy (non-hydrogen) atoms. The van der Waals surface area contributed by atoms with E-state index < -0.39 is 0 Å². The molecule has 1 N–H and O–H groups in total. The van der Waals surface area contributed by atoms with Crippen molar-refractivity contribution in [2.45, 2.75) is 19.5 Å². The number of alkyl halides is 2. The van der Waals surface area contributed by atoms with Crippen LogP contribution in [0.2, 0.25) is 10.0 Å². The van der Waals surface area contributed by atoms with Gasteiger partial charge in [-0.15, -0.1) is 0 Å². The van der Waals surface area contributed by atoms with Crippen molar-refractivity contribution < 1.29 is 8.78 Å². The van der Waals surface area contributed by atoms with E-state index in [9.17, 15) is 18.4 Å². The number of hydrogen-bond acceptors (Lipinski definition) is 2. The predicted octanol–water partition coefficient (Wildman–Crippen LogP) is 8.32. The second kappa shape index (κ2) is 13.1. The Morgan fingerprint density at radius 3 is 2.19 bits per heavy atom. The summed E-state index contributed by atoms with van der Waals surface area (Å²) in [5.41, 5.74) is 5.07. The van der Waals surface area contributed by atoms with Crippen molar-refractivity contribution in [3.05, 3.63) is 126 Å². The van der Waals surface area contributed by atoms with E-state index in [4.69, 9.17) is 23.2 Å². The van der Waals surface area contributed by atoms with Crippen molar-refractivity contribution in [2.75, 3.05) is 10.7 Å². The Bertz CT molecular complexity index is 1950. The molecule has 3 aromatic heterocycles. The smallest absolute Gasteiger partial charge is 0.252 e. The van der Waals surface area contributed by atoms with Gasteiger partial charge in [-0.25, -0.2) is 8.78 Å². The van der Waals surface area contributed by atoms with Crippen LogP contribution in [0.25, 0.3) is 33.9 Å². The van der Waals surface area contributed by atoms with Crippen molar-refractivity contribution in [2.24, 2.45) is 0 Å². The number of aromatic nitrogens is 3. The Balaban J connectivity index is 0.000000150. The Labute approximate surface area is 266 Å². The highest BCUT2D eigenvalue weighted by molar-refractivity contribution is 9.11. The molecule has 0 saturated carbocycles. The molecular formula is C31H23Br2Cl2F2N3O2. The van der Waals surface area contributed by atoms with Crippen molar-refractivity contribution in [1.82, 2.24) is 14.1 Å². The summed E-state index contributed by atoms with van der Waals surface area (Å²) in [6.45, 7) is 1.22. The van der Waals surface area contributed by atoms with Crippen LogP contribution < -0.4 is 11.1 Å². The van der Waals surface area contributed by atoms with Gasteiger partial charge in [0.05, 0.1) is 16.9 Å². The summed E-state index contributed by atoms with van der Waals surface area (Å²) >= 11 is 18.2. The molecule has 0 bridgehead atoms. The Morgan fingerprint density at radius 1 is 0.810 bits per heavy atom. The van der Waals surface area contributed by atoms with Gasteiger partial charge >= 0.3 is 0 Å². The first-order chi connectivity index (χ1) is 20.2. The van der Waals surface area contributed by atoms with E-state index >= 15 is 0 Å². The predicted molar refractivity (Wildman–Crippen MR) is 174 cm³/mol. The molecular weight excluding hydrogens is 715 g/mol. The van der Waals surface area contributed by atoms with E-state index in [-0.39, 0.29) is 22.8 Å². The number of pyridine rings is 2. The first-order valence-corrected chi connectivity index (χ1v) is 15.9. The summed E-state index contributed by atoms with van der Waals surface area (Å²) in [6, 6.07) is 18.0. The number of fused-ring (bicyclic) bond motifs is 6. The third-order valence-corrected chi connectivity index (χ3v) is 9.16. The number of halogens is 6. The molecule has 1 aliphatic carbocycles. The zero-order valence-electron chi connectivity index (χ0n) is 21.9. The van der Waals surface area contributed by atoms with E-state index in [2.05, 4.69) is 36.8 Å². The molecule has 5 aromatic rings. The molecule has 0 saturated heterocycles. The molecule has 1 aliphatic heterocycles. The van der Waals surface area contributed by atoms with Gasteiger partial charge in [0.2, 0.25) is 5.56 Å². The van der Waals surface area contributed by atoms with Gasteiger partial charge in [0.1, 0.15) is 11.6 Å². The van der Waals surface area contributed by atoms with Crippen LogP contribution in [-0.2, 0) is 19.5 Å². The third kappa shape index (κ3) is 6.34. The minimum atomic E-state index is -0.255. The minimum absolute atomic E-state index is 0.121. The number of benzene rings is 2. The lowest BCUT2D eigenvalue weighted by atomic mass is 10.1. The zero-order chi connectivity index (χ0) is 30.0. The Hall–Kier alpha value is -2.98. The monoisotopic (exact) mass is 735 g/mol. The topological polar surface area (TPSA) is 59.8 Å². The molecule has 2 aliphatic rings. The van der Waals surface area contributed by atoms with Gasteiger partial charge in [-0.1, -0.05) is 73.3 Å². The number of hydrogen-bond donors (Lipinski definition) is 1. The first-order valence-electron chi connectivity index (χ1n) is 12.9. The number of aryl methyl sites for hydroxylation is 1. The minimum Gasteiger partial charge on any atom is -0.337 e. The quantitative estimate of drug-likeness (QED) is 0.185. The highest BCUT2D eigenvalue weighted by atomic mass is 79.9. The van der Waals surface area contributed by atoms with Crippen molar-refractivity contribution in [3.8, 4) is 11.4 Å². The highest BCUT2D eigenvalue weighted by Crippen LogP contribution is 2.34. The van der Waals surface area contributed by atoms with E-state index in [0.717, 1.165) is 38.7 Å². The SMILES string of the molecule is BrCCBr.O=c1cc(Cl)cc(C2=Cc3c(F)cccc3C2)[nH]1.O=c1cc(Cl)cc2n1CCn1c-2cc2c(F)cccc21. The number of allylic oxidation sites excluding steroid dienone is 1. The van der Waals surface area contributed by atoms with Gasteiger partial charge in [-0.3, -0.25) is 9.59 Å². The maximum Gasteiger partial charge on any atom is 0.252 e. The van der Waals surface area contributed by atoms with Gasteiger partial charge < -0.3 is 14.1 Å². The fourth-order valence-electron chi connectivity index (χ4n) is 5.09. The summed E-state index contributed by atoms with van der Waals surface area (Å²) < 4.78 is 31.2. The average Bonchev–Trinajstić information content (AvgIpc) is 3.57. The largest absolute Gasteiger partial charge is 0.337 e. The molecule has 11 heteroatoms. The fourth-order valence-corrected chi connectivity index (χ4v) is 5.50. The first kappa shape index (κ1) is 30.5. The number of rotatable bonds is 2. The average molecular weight is 738 g/mol. The van der Waals surface area contributed by atoms with Crippen LogP contribution in [0.4, 0.5) is 8.78 Å². The van der Waals surface area contributed by atoms with Crippen molar-refractivity contribution in [1.29, 1.82) is 0 Å². The van der Waals surface area contributed by atoms with Crippen molar-refractivity contribution >= 4 is 77.6 Å². The van der Waals surface area contributed by atoms with Crippen molar-refractivity contribution in [3.63, 3.8) is 0 Å². The summed E-state index contributed by atoms with van der Waals surface area (Å²) in [7, 11) is 0. The summed E-state index contributed by atoms with van der Waals surface area (Å²) in [5.74, 6) is -0.493. The van der Waals surface area contributed by atoms with Gasteiger partial charge in [0, 0.05) is 69.0 Å². The standard InChI is InChI=1S/C15H10ClFN2O.C14H9ClFNO.C2H4Br2/c16-9-6-13-14-8-10-11(17)2-1-3-12(10)18(14)4-5-19(13)15(20)7-9;15-10-6-13(17-14(18)7-10)9-4-8-2-1-3-12(16)11(8)5-9;3-1-2-4/h1-3,6-8H,4-5H2;1-3,5-7H,4H2,(H,17,18);1-2H2. The molecule has 0 atom stereocenters. The number of nitrogens with zero attached hydrogens (tertiary/aromatic N) is 2. The van der Waals surface area contributed by atoms with E-state index in [0.29, 0.717) is 46.2 Å². The molecule has 5 nitrogen and oxygen atoms in total. The second-order valence-corrected chi connectivity index (χ2v) is 12.0. The summed E-state index contributed by atoms with van der Waals surface area (Å²) in [4.78, 5) is 26.1. The molecule has 0 amide bonds. The Kier molecular flexibility index (Phi) is 9.52. The zero-order valence-corrected chi connectivity index (χ0v) is 26.6. The van der Waals surface area contributed by atoms with E-state index in [1.54, 1.807) is 41.0 Å². The van der Waals surface area contributed by atoms with Gasteiger partial charge in [-0.05, 0) is 53.6 Å². The van der Waals surface area contributed by atoms with Crippen LogP contribution in [0.1, 0.15) is 16.8 Å². The van der Waals surface area contributed by atoms with E-state index in [1.807, 2.05) is 16.7 Å². The molecule has 0 radical (unpaired) electrons. The molecule has 2 aromatic carbocycles. The lowest BCUT2D eigenvalue weighted by Crippen LogP contribution is -2.27. The molecule has 0 unspecified atom stereocenters. The highest BCUT2D eigenvalue weighted by Gasteiger charge is 2.21. The maximum absolute atomic E-state index is 13.9. The number of nitrogens with one attached hydrogen (secondary N) is 1. The van der Waals surface area contributed by atoms with Crippen LogP contribution in [0.5, 0.6) is 0 Å². The van der Waals surface area contributed by atoms with Crippen LogP contribution in [0, 0.1) is 11.6 Å². The maximum atomic E-state index is 13.9. The molecule has 216 valence electrons. The number of H-pyrrole nitrogens is 1. The summed E-state index contributed by atoms with van der Waals surface area (Å²) in [5, 5.41) is 3.45. The fraction of sp³-hybridized carbons (Fsp3) is 0.161. The van der Waals surface area contributed by atoms with Gasteiger partial charge in [-0.2, -0.15) is 0 Å². The Morgan fingerprint density at radius 2 is 1.48 bits per heavy atom. The van der Waals surface area contributed by atoms with Crippen LogP contribution >= 0.6 is 55.1 Å².